The molecule has 0 saturated heterocycles. The maximum absolute atomic E-state index is 13.7. The number of ether oxygens (including phenoxy) is 1. The highest BCUT2D eigenvalue weighted by atomic mass is 35.5. The molecule has 6 rings (SSSR count). The van der Waals surface area contributed by atoms with Gasteiger partial charge in [0.1, 0.15) is 5.75 Å². The molecule has 1 atom stereocenters. The number of carbonyl (C=O) groups excluding carboxylic acids is 2. The van der Waals surface area contributed by atoms with Gasteiger partial charge in [0.2, 0.25) is 6.23 Å². The molecule has 4 aromatic rings. The number of benzene rings is 3. The molecule has 2 aliphatic rings. The van der Waals surface area contributed by atoms with Gasteiger partial charge in [-0.3, -0.25) is 19.1 Å². The number of hydrogen-bond acceptors (Lipinski definition) is 3. The van der Waals surface area contributed by atoms with Gasteiger partial charge in [0, 0.05) is 27.5 Å². The second-order valence-electron chi connectivity index (χ2n) is 7.89. The molecule has 0 radical (unpaired) electrons. The van der Waals surface area contributed by atoms with Crippen LogP contribution < -0.4 is 4.74 Å². The van der Waals surface area contributed by atoms with Gasteiger partial charge < -0.3 is 4.74 Å². The molecule has 0 aliphatic carbocycles. The first kappa shape index (κ1) is 19.4. The highest BCUT2D eigenvalue weighted by Gasteiger charge is 2.42. The zero-order chi connectivity index (χ0) is 22.0. The number of aromatic nitrogens is 1. The highest BCUT2D eigenvalue weighted by Crippen LogP contribution is 2.43. The van der Waals surface area contributed by atoms with E-state index in [9.17, 15) is 9.59 Å². The molecule has 1 amide bonds. The van der Waals surface area contributed by atoms with Crippen molar-refractivity contribution in [3.63, 3.8) is 0 Å². The topological polar surface area (TPSA) is 51.5 Å². The first-order valence-corrected chi connectivity index (χ1v) is 11.0. The molecule has 2 aliphatic heterocycles. The highest BCUT2D eigenvalue weighted by molar-refractivity contribution is 6.31. The first-order valence-electron chi connectivity index (χ1n) is 10.2. The van der Waals surface area contributed by atoms with Gasteiger partial charge in [0.05, 0.1) is 16.8 Å². The molecule has 0 saturated carbocycles. The summed E-state index contributed by atoms with van der Waals surface area (Å²) in [5, 5.41) is 2.03. The number of halogens is 2. The van der Waals surface area contributed by atoms with Gasteiger partial charge in [-0.15, -0.1) is 0 Å². The Morgan fingerprint density at radius 3 is 2.53 bits per heavy atom. The van der Waals surface area contributed by atoms with Gasteiger partial charge in [0.25, 0.3) is 11.8 Å². The van der Waals surface area contributed by atoms with Crippen molar-refractivity contribution < 1.29 is 14.3 Å². The Bertz CT molecular complexity index is 1430. The lowest BCUT2D eigenvalue weighted by molar-refractivity contribution is 0.000342. The number of rotatable bonds is 1. The second-order valence-corrected chi connectivity index (χ2v) is 8.76. The van der Waals surface area contributed by atoms with Gasteiger partial charge >= 0.3 is 0 Å². The maximum Gasteiger partial charge on any atom is 0.262 e. The zero-order valence-corrected chi connectivity index (χ0v) is 18.2. The van der Waals surface area contributed by atoms with Crippen LogP contribution in [0.1, 0.15) is 38.2 Å². The van der Waals surface area contributed by atoms with Crippen LogP contribution in [0.2, 0.25) is 10.0 Å². The van der Waals surface area contributed by atoms with Crippen LogP contribution in [-0.4, -0.2) is 27.8 Å². The maximum atomic E-state index is 13.7. The molecule has 32 heavy (non-hydrogen) atoms. The molecule has 7 heteroatoms. The van der Waals surface area contributed by atoms with Crippen molar-refractivity contribution in [3.8, 4) is 5.75 Å². The molecule has 1 aromatic heterocycles. The molecular weight excluding hydrogens is 447 g/mol. The van der Waals surface area contributed by atoms with Crippen molar-refractivity contribution in [2.75, 3.05) is 6.54 Å². The monoisotopic (exact) mass is 462 g/mol. The fraction of sp³-hybridized carbons (Fsp3) is 0.120. The lowest BCUT2D eigenvalue weighted by atomic mass is 9.99. The van der Waals surface area contributed by atoms with Crippen LogP contribution in [-0.2, 0) is 6.42 Å². The fourth-order valence-electron chi connectivity index (χ4n) is 4.66. The first-order chi connectivity index (χ1) is 15.5. The summed E-state index contributed by atoms with van der Waals surface area (Å²) < 4.78 is 7.97. The average molecular weight is 463 g/mol. The largest absolute Gasteiger partial charge is 0.464 e. The summed E-state index contributed by atoms with van der Waals surface area (Å²) in [6.45, 7) is 0.492. The van der Waals surface area contributed by atoms with Crippen molar-refractivity contribution in [1.82, 2.24) is 9.47 Å². The summed E-state index contributed by atoms with van der Waals surface area (Å²) in [7, 11) is 0. The number of amides is 1. The number of carbonyl (C=O) groups is 2. The van der Waals surface area contributed by atoms with Crippen LogP contribution in [0.4, 0.5) is 0 Å². The summed E-state index contributed by atoms with van der Waals surface area (Å²) in [4.78, 5) is 28.6. The van der Waals surface area contributed by atoms with E-state index in [0.29, 0.717) is 45.6 Å². The van der Waals surface area contributed by atoms with Gasteiger partial charge in [-0.2, -0.15) is 0 Å². The number of nitrogens with zero attached hydrogens (tertiary/aromatic N) is 2. The van der Waals surface area contributed by atoms with E-state index in [0.717, 1.165) is 16.5 Å². The Morgan fingerprint density at radius 2 is 1.72 bits per heavy atom. The summed E-state index contributed by atoms with van der Waals surface area (Å²) in [5.74, 6) is 0.198. The molecule has 1 unspecified atom stereocenters. The number of hydrogen-bond donors (Lipinski definition) is 0. The predicted molar refractivity (Wildman–Crippen MR) is 123 cm³/mol. The molecule has 158 valence electrons. The van der Waals surface area contributed by atoms with Gasteiger partial charge in [-0.25, -0.2) is 0 Å². The Kier molecular flexibility index (Phi) is 4.32. The average Bonchev–Trinajstić information content (AvgIpc) is 3.13. The van der Waals surface area contributed by atoms with Crippen molar-refractivity contribution in [2.45, 2.75) is 12.6 Å². The van der Waals surface area contributed by atoms with E-state index in [-0.39, 0.29) is 11.8 Å². The Morgan fingerprint density at radius 1 is 0.969 bits per heavy atom. The van der Waals surface area contributed by atoms with Crippen LogP contribution in [0.3, 0.4) is 0 Å². The van der Waals surface area contributed by atoms with Gasteiger partial charge in [-0.05, 0) is 66.6 Å². The lowest BCUT2D eigenvalue weighted by Crippen LogP contribution is -2.46. The third kappa shape index (κ3) is 2.78. The molecule has 3 aromatic carbocycles. The summed E-state index contributed by atoms with van der Waals surface area (Å²) in [6, 6.07) is 19.4. The SMILES string of the molecule is O=C1c2ccccc2OC2c3c(c4cc(Cl)ccc4n3C(=O)c3ccc(Cl)cc3)CCN12. The van der Waals surface area contributed by atoms with Crippen molar-refractivity contribution >= 4 is 45.9 Å². The lowest BCUT2D eigenvalue weighted by Gasteiger charge is -2.40. The minimum Gasteiger partial charge on any atom is -0.464 e. The number of fused-ring (bicyclic) bond motifs is 6. The minimum absolute atomic E-state index is 0.101. The Labute approximate surface area is 193 Å². The minimum atomic E-state index is -0.705. The van der Waals surface area contributed by atoms with E-state index in [1.807, 2.05) is 24.3 Å². The Balaban J connectivity index is 1.60. The number of para-hydroxylation sites is 1. The van der Waals surface area contributed by atoms with E-state index < -0.39 is 6.23 Å². The van der Waals surface area contributed by atoms with Crippen molar-refractivity contribution in [2.24, 2.45) is 0 Å². The zero-order valence-electron chi connectivity index (χ0n) is 16.7. The van der Waals surface area contributed by atoms with Crippen LogP contribution in [0.5, 0.6) is 5.75 Å². The smallest absolute Gasteiger partial charge is 0.262 e. The van der Waals surface area contributed by atoms with Gasteiger partial charge in [0.15, 0.2) is 0 Å². The van der Waals surface area contributed by atoms with Crippen LogP contribution in [0.25, 0.3) is 10.9 Å². The Hall–Kier alpha value is -3.28. The quantitative estimate of drug-likeness (QED) is 0.363. The molecular formula is C25H16Cl2N2O3. The van der Waals surface area contributed by atoms with E-state index >= 15 is 0 Å². The van der Waals surface area contributed by atoms with Crippen molar-refractivity contribution in [1.29, 1.82) is 0 Å². The van der Waals surface area contributed by atoms with Crippen LogP contribution >= 0.6 is 23.2 Å². The fourth-order valence-corrected chi connectivity index (χ4v) is 4.95. The standard InChI is InChI=1S/C25H16Cl2N2O3/c26-15-7-5-14(6-8-15)23(30)29-20-10-9-16(27)13-19(20)17-11-12-28-24(31)18-3-1-2-4-21(18)32-25(28)22(17)29/h1-10,13,25H,11-12H2. The van der Waals surface area contributed by atoms with Crippen LogP contribution in [0, 0.1) is 0 Å². The second kappa shape index (κ2) is 7.12. The predicted octanol–water partition coefficient (Wildman–Crippen LogP) is 5.73. The molecule has 3 heterocycles. The third-order valence-corrected chi connectivity index (χ3v) is 6.59. The van der Waals surface area contributed by atoms with E-state index in [1.165, 1.54) is 0 Å². The molecule has 0 N–H and O–H groups in total. The van der Waals surface area contributed by atoms with E-state index in [4.69, 9.17) is 27.9 Å². The molecule has 0 spiro atoms. The summed E-state index contributed by atoms with van der Waals surface area (Å²) >= 11 is 12.3. The van der Waals surface area contributed by atoms with Gasteiger partial charge in [-0.1, -0.05) is 35.3 Å². The summed E-state index contributed by atoms with van der Waals surface area (Å²) in [6.07, 6.45) is -0.107. The molecule has 0 bridgehead atoms. The van der Waals surface area contributed by atoms with E-state index in [1.54, 1.807) is 51.9 Å². The third-order valence-electron chi connectivity index (χ3n) is 6.11. The normalized spacial score (nSPS) is 16.9. The molecule has 5 nitrogen and oxygen atoms in total. The summed E-state index contributed by atoms with van der Waals surface area (Å²) in [5.41, 5.74) is 3.39. The van der Waals surface area contributed by atoms with Crippen molar-refractivity contribution in [3.05, 3.63) is 99.2 Å². The van der Waals surface area contributed by atoms with E-state index in [2.05, 4.69) is 0 Å². The van der Waals surface area contributed by atoms with Crippen LogP contribution in [0.15, 0.2) is 66.7 Å². The molecule has 0 fully saturated rings.